The molecule has 1 unspecified atom stereocenters. The van der Waals surface area contributed by atoms with Gasteiger partial charge in [-0.3, -0.25) is 0 Å². The van der Waals surface area contributed by atoms with Crippen LogP contribution in [0.2, 0.25) is 0 Å². The molecule has 1 aliphatic carbocycles. The van der Waals surface area contributed by atoms with Gasteiger partial charge < -0.3 is 25.0 Å². The lowest BCUT2D eigenvalue weighted by Crippen LogP contribution is -2.40. The Bertz CT molecular complexity index is 622. The number of likely N-dealkylation sites (tertiary alicyclic amines) is 1. The second-order valence-electron chi connectivity index (χ2n) is 7.15. The average molecular weight is 488 g/mol. The van der Waals surface area contributed by atoms with E-state index in [1.165, 1.54) is 32.4 Å². The molecule has 6 nitrogen and oxygen atoms in total. The molecule has 2 N–H and O–H groups in total. The fourth-order valence-electron chi connectivity index (χ4n) is 3.53. The summed E-state index contributed by atoms with van der Waals surface area (Å²) in [6, 6.07) is 6.82. The van der Waals surface area contributed by atoms with Gasteiger partial charge in [-0.1, -0.05) is 6.07 Å². The Morgan fingerprint density at radius 3 is 2.59 bits per heavy atom. The third-order valence-corrected chi connectivity index (χ3v) is 5.15. The fourth-order valence-corrected chi connectivity index (χ4v) is 3.53. The first kappa shape index (κ1) is 22.1. The topological polar surface area (TPSA) is 58.1 Å². The van der Waals surface area contributed by atoms with Crippen LogP contribution >= 0.6 is 24.0 Å². The molecule has 1 aromatic carbocycles. The van der Waals surface area contributed by atoms with Gasteiger partial charge in [0.05, 0.1) is 20.8 Å². The van der Waals surface area contributed by atoms with Crippen LogP contribution < -0.4 is 20.1 Å². The molecule has 1 atom stereocenters. The lowest BCUT2D eigenvalue weighted by atomic mass is 10.1. The largest absolute Gasteiger partial charge is 0.493 e. The highest BCUT2D eigenvalue weighted by Crippen LogP contribution is 2.31. The summed E-state index contributed by atoms with van der Waals surface area (Å²) in [7, 11) is 3.30. The van der Waals surface area contributed by atoms with Crippen molar-refractivity contribution in [1.82, 2.24) is 15.5 Å². The fraction of sp³-hybridized carbons (Fsp3) is 0.650. The molecule has 0 aromatic heterocycles. The van der Waals surface area contributed by atoms with Crippen LogP contribution in [0.1, 0.15) is 31.7 Å². The minimum atomic E-state index is 0. The molecule has 2 aliphatic rings. The predicted octanol–water partition coefficient (Wildman–Crippen LogP) is 2.86. The van der Waals surface area contributed by atoms with Gasteiger partial charge in [-0.05, 0) is 56.3 Å². The second-order valence-corrected chi connectivity index (χ2v) is 7.15. The first-order valence-electron chi connectivity index (χ1n) is 9.70. The average Bonchev–Trinajstić information content (AvgIpc) is 3.42. The summed E-state index contributed by atoms with van der Waals surface area (Å²) in [4.78, 5) is 7.38. The quantitative estimate of drug-likeness (QED) is 0.335. The smallest absolute Gasteiger partial charge is 0.191 e. The number of methoxy groups -OCH3 is 2. The standard InChI is InChI=1S/C20H32N4O2.HI/c1-4-21-20(23-13-16-9-10-24(14-16)17-6-7-17)22-12-15-5-8-18(25-2)19(11-15)26-3;/h5,8,11,16-17H,4,6-7,9-10,12-14H2,1-3H3,(H2,21,22,23);1H. The van der Waals surface area contributed by atoms with Gasteiger partial charge in [0.25, 0.3) is 0 Å². The van der Waals surface area contributed by atoms with E-state index in [0.29, 0.717) is 6.54 Å². The van der Waals surface area contributed by atoms with E-state index in [1.54, 1.807) is 14.2 Å². The molecule has 1 aromatic rings. The molecule has 27 heavy (non-hydrogen) atoms. The van der Waals surface area contributed by atoms with Crippen LogP contribution in [-0.2, 0) is 6.54 Å². The third kappa shape index (κ3) is 6.41. The van der Waals surface area contributed by atoms with Crippen LogP contribution in [-0.4, -0.2) is 57.3 Å². The Morgan fingerprint density at radius 1 is 1.15 bits per heavy atom. The molecular formula is C20H33IN4O2. The van der Waals surface area contributed by atoms with Crippen molar-refractivity contribution in [1.29, 1.82) is 0 Å². The van der Waals surface area contributed by atoms with E-state index >= 15 is 0 Å². The molecule has 1 heterocycles. The van der Waals surface area contributed by atoms with Crippen molar-refractivity contribution in [3.05, 3.63) is 23.8 Å². The van der Waals surface area contributed by atoms with Gasteiger partial charge in [0.15, 0.2) is 17.5 Å². The summed E-state index contributed by atoms with van der Waals surface area (Å²) >= 11 is 0. The molecule has 2 fully saturated rings. The summed E-state index contributed by atoms with van der Waals surface area (Å²) < 4.78 is 10.7. The molecule has 152 valence electrons. The molecule has 0 amide bonds. The lowest BCUT2D eigenvalue weighted by molar-refractivity contribution is 0.314. The van der Waals surface area contributed by atoms with Crippen molar-refractivity contribution >= 4 is 29.9 Å². The lowest BCUT2D eigenvalue weighted by Gasteiger charge is -2.17. The Balaban J connectivity index is 0.00000261. The van der Waals surface area contributed by atoms with E-state index in [1.807, 2.05) is 18.2 Å². The Morgan fingerprint density at radius 2 is 1.93 bits per heavy atom. The SMILES string of the molecule is CCNC(=NCc1ccc(OC)c(OC)c1)NCC1CCN(C2CC2)C1.I. The van der Waals surface area contributed by atoms with E-state index in [9.17, 15) is 0 Å². The van der Waals surface area contributed by atoms with Gasteiger partial charge >= 0.3 is 0 Å². The van der Waals surface area contributed by atoms with Crippen molar-refractivity contribution < 1.29 is 9.47 Å². The van der Waals surface area contributed by atoms with E-state index in [4.69, 9.17) is 14.5 Å². The number of nitrogens with zero attached hydrogens (tertiary/aromatic N) is 2. The minimum Gasteiger partial charge on any atom is -0.493 e. The first-order chi connectivity index (χ1) is 12.7. The van der Waals surface area contributed by atoms with Gasteiger partial charge in [-0.2, -0.15) is 0 Å². The zero-order chi connectivity index (χ0) is 18.4. The zero-order valence-electron chi connectivity index (χ0n) is 16.7. The monoisotopic (exact) mass is 488 g/mol. The minimum absolute atomic E-state index is 0. The van der Waals surface area contributed by atoms with Crippen LogP contribution in [0.5, 0.6) is 11.5 Å². The molecule has 0 bridgehead atoms. The number of aliphatic imine (C=N–C) groups is 1. The van der Waals surface area contributed by atoms with E-state index in [0.717, 1.165) is 48.1 Å². The maximum atomic E-state index is 5.37. The Kier molecular flexibility index (Phi) is 8.95. The van der Waals surface area contributed by atoms with Gasteiger partial charge in [0, 0.05) is 25.7 Å². The van der Waals surface area contributed by atoms with Crippen molar-refractivity contribution in [2.45, 2.75) is 38.8 Å². The highest BCUT2D eigenvalue weighted by molar-refractivity contribution is 14.0. The van der Waals surface area contributed by atoms with Crippen LogP contribution in [0.25, 0.3) is 0 Å². The summed E-state index contributed by atoms with van der Waals surface area (Å²) in [6.07, 6.45) is 4.09. The van der Waals surface area contributed by atoms with Crippen LogP contribution in [0.3, 0.4) is 0 Å². The second kappa shape index (κ2) is 10.9. The molecule has 0 spiro atoms. The zero-order valence-corrected chi connectivity index (χ0v) is 19.0. The van der Waals surface area contributed by atoms with Gasteiger partial charge in [0.2, 0.25) is 0 Å². The molecule has 0 radical (unpaired) electrons. The van der Waals surface area contributed by atoms with Crippen molar-refractivity contribution in [3.8, 4) is 11.5 Å². The van der Waals surface area contributed by atoms with E-state index < -0.39 is 0 Å². The van der Waals surface area contributed by atoms with Crippen molar-refractivity contribution in [2.75, 3.05) is 40.4 Å². The Labute approximate surface area is 180 Å². The number of rotatable bonds is 8. The summed E-state index contributed by atoms with van der Waals surface area (Å²) in [5.41, 5.74) is 1.10. The number of ether oxygens (including phenoxy) is 2. The van der Waals surface area contributed by atoms with Gasteiger partial charge in [0.1, 0.15) is 0 Å². The normalized spacial score (nSPS) is 20.1. The van der Waals surface area contributed by atoms with Crippen LogP contribution in [0, 0.1) is 5.92 Å². The molecule has 3 rings (SSSR count). The van der Waals surface area contributed by atoms with Crippen LogP contribution in [0.15, 0.2) is 23.2 Å². The molecular weight excluding hydrogens is 455 g/mol. The number of benzene rings is 1. The van der Waals surface area contributed by atoms with E-state index in [2.05, 4.69) is 22.5 Å². The first-order valence-corrected chi connectivity index (χ1v) is 9.70. The maximum absolute atomic E-state index is 5.37. The summed E-state index contributed by atoms with van der Waals surface area (Å²) in [6.45, 7) is 7.03. The van der Waals surface area contributed by atoms with Gasteiger partial charge in [-0.15, -0.1) is 24.0 Å². The predicted molar refractivity (Wildman–Crippen MR) is 120 cm³/mol. The highest BCUT2D eigenvalue weighted by Gasteiger charge is 2.34. The van der Waals surface area contributed by atoms with Crippen LogP contribution in [0.4, 0.5) is 0 Å². The molecule has 1 saturated carbocycles. The van der Waals surface area contributed by atoms with Crippen molar-refractivity contribution in [2.24, 2.45) is 10.9 Å². The summed E-state index contributed by atoms with van der Waals surface area (Å²) in [5.74, 6) is 3.09. The molecule has 1 saturated heterocycles. The Hall–Kier alpha value is -1.22. The summed E-state index contributed by atoms with van der Waals surface area (Å²) in [5, 5.41) is 6.86. The van der Waals surface area contributed by atoms with E-state index in [-0.39, 0.29) is 24.0 Å². The van der Waals surface area contributed by atoms with Crippen molar-refractivity contribution in [3.63, 3.8) is 0 Å². The maximum Gasteiger partial charge on any atom is 0.191 e. The number of halogens is 1. The number of hydrogen-bond acceptors (Lipinski definition) is 4. The molecule has 1 aliphatic heterocycles. The number of nitrogens with one attached hydrogen (secondary N) is 2. The highest BCUT2D eigenvalue weighted by atomic mass is 127. The van der Waals surface area contributed by atoms with Gasteiger partial charge in [-0.25, -0.2) is 4.99 Å². The number of hydrogen-bond donors (Lipinski definition) is 2. The third-order valence-electron chi connectivity index (χ3n) is 5.15. The molecule has 7 heteroatoms. The number of guanidine groups is 1.